The van der Waals surface area contributed by atoms with Gasteiger partial charge in [-0.3, -0.25) is 4.90 Å². The molecule has 0 atom stereocenters. The first-order valence-electron chi connectivity index (χ1n) is 6.49. The molecule has 0 fully saturated rings. The SMILES string of the molecule is CCN(Cc1ccccc1)Cc1cc(N)ccc1Br. The molecule has 2 rings (SSSR count). The van der Waals surface area contributed by atoms with E-state index in [4.69, 9.17) is 5.73 Å². The minimum Gasteiger partial charge on any atom is -0.399 e. The van der Waals surface area contributed by atoms with E-state index in [1.165, 1.54) is 11.1 Å². The van der Waals surface area contributed by atoms with Gasteiger partial charge in [0.05, 0.1) is 0 Å². The lowest BCUT2D eigenvalue weighted by Gasteiger charge is -2.21. The van der Waals surface area contributed by atoms with Crippen molar-refractivity contribution < 1.29 is 0 Å². The summed E-state index contributed by atoms with van der Waals surface area (Å²) >= 11 is 3.59. The third kappa shape index (κ3) is 4.08. The van der Waals surface area contributed by atoms with Crippen LogP contribution in [-0.4, -0.2) is 11.4 Å². The van der Waals surface area contributed by atoms with Crippen LogP contribution in [0.3, 0.4) is 0 Å². The Balaban J connectivity index is 2.09. The van der Waals surface area contributed by atoms with Crippen LogP contribution in [0, 0.1) is 0 Å². The maximum Gasteiger partial charge on any atom is 0.0318 e. The van der Waals surface area contributed by atoms with Crippen LogP contribution in [-0.2, 0) is 13.1 Å². The minimum atomic E-state index is 0.814. The van der Waals surface area contributed by atoms with Gasteiger partial charge in [0.1, 0.15) is 0 Å². The van der Waals surface area contributed by atoms with Gasteiger partial charge in [-0.05, 0) is 35.9 Å². The molecule has 0 amide bonds. The fraction of sp³-hybridized carbons (Fsp3) is 0.250. The molecule has 2 N–H and O–H groups in total. The predicted molar refractivity (Wildman–Crippen MR) is 84.8 cm³/mol. The van der Waals surface area contributed by atoms with E-state index >= 15 is 0 Å². The number of benzene rings is 2. The monoisotopic (exact) mass is 318 g/mol. The lowest BCUT2D eigenvalue weighted by molar-refractivity contribution is 0.271. The van der Waals surface area contributed by atoms with Crippen LogP contribution in [0.15, 0.2) is 53.0 Å². The third-order valence-electron chi connectivity index (χ3n) is 3.16. The zero-order valence-corrected chi connectivity index (χ0v) is 12.7. The molecular formula is C16H19BrN2. The van der Waals surface area contributed by atoms with Gasteiger partial charge in [0.15, 0.2) is 0 Å². The van der Waals surface area contributed by atoms with E-state index in [9.17, 15) is 0 Å². The van der Waals surface area contributed by atoms with E-state index < -0.39 is 0 Å². The first kappa shape index (κ1) is 14.1. The molecule has 3 heteroatoms. The van der Waals surface area contributed by atoms with E-state index in [-0.39, 0.29) is 0 Å². The van der Waals surface area contributed by atoms with Crippen molar-refractivity contribution in [1.29, 1.82) is 0 Å². The molecule has 19 heavy (non-hydrogen) atoms. The molecule has 0 aliphatic rings. The molecule has 0 aliphatic carbocycles. The van der Waals surface area contributed by atoms with Gasteiger partial charge in [0, 0.05) is 23.2 Å². The molecule has 0 heterocycles. The normalized spacial score (nSPS) is 10.9. The van der Waals surface area contributed by atoms with Crippen molar-refractivity contribution in [3.8, 4) is 0 Å². The number of hydrogen-bond donors (Lipinski definition) is 1. The summed E-state index contributed by atoms with van der Waals surface area (Å²) in [6, 6.07) is 16.5. The Labute approximate surface area is 123 Å². The Morgan fingerprint density at radius 1 is 1.05 bits per heavy atom. The van der Waals surface area contributed by atoms with E-state index in [2.05, 4.69) is 52.0 Å². The Morgan fingerprint density at radius 3 is 2.47 bits per heavy atom. The number of nitrogens with two attached hydrogens (primary N) is 1. The second kappa shape index (κ2) is 6.73. The molecule has 0 aromatic heterocycles. The van der Waals surface area contributed by atoms with Crippen LogP contribution in [0.4, 0.5) is 5.69 Å². The highest BCUT2D eigenvalue weighted by molar-refractivity contribution is 9.10. The van der Waals surface area contributed by atoms with Gasteiger partial charge in [-0.2, -0.15) is 0 Å². The van der Waals surface area contributed by atoms with Crippen molar-refractivity contribution >= 4 is 21.6 Å². The maximum atomic E-state index is 5.86. The van der Waals surface area contributed by atoms with Crippen molar-refractivity contribution in [3.05, 3.63) is 64.1 Å². The Kier molecular flexibility index (Phi) is 5.00. The predicted octanol–water partition coefficient (Wildman–Crippen LogP) is 4.05. The smallest absolute Gasteiger partial charge is 0.0318 e. The maximum absolute atomic E-state index is 5.86. The zero-order valence-electron chi connectivity index (χ0n) is 11.1. The summed E-state index contributed by atoms with van der Waals surface area (Å²) in [5, 5.41) is 0. The molecule has 0 aliphatic heterocycles. The molecule has 0 unspecified atom stereocenters. The molecule has 2 aromatic rings. The van der Waals surface area contributed by atoms with E-state index in [0.717, 1.165) is 29.8 Å². The summed E-state index contributed by atoms with van der Waals surface area (Å²) in [4.78, 5) is 2.40. The van der Waals surface area contributed by atoms with Crippen molar-refractivity contribution in [2.24, 2.45) is 0 Å². The molecule has 2 aromatic carbocycles. The van der Waals surface area contributed by atoms with Crippen LogP contribution in [0.2, 0.25) is 0 Å². The summed E-state index contributed by atoms with van der Waals surface area (Å²) in [6.07, 6.45) is 0. The second-order valence-electron chi connectivity index (χ2n) is 4.64. The standard InChI is InChI=1S/C16H19BrN2/c1-2-19(11-13-6-4-3-5-7-13)12-14-10-15(18)8-9-16(14)17/h3-10H,2,11-12,18H2,1H3. The fourth-order valence-electron chi connectivity index (χ4n) is 2.08. The van der Waals surface area contributed by atoms with Gasteiger partial charge in [0.2, 0.25) is 0 Å². The van der Waals surface area contributed by atoms with E-state index in [0.29, 0.717) is 0 Å². The minimum absolute atomic E-state index is 0.814. The number of anilines is 1. The van der Waals surface area contributed by atoms with Crippen LogP contribution < -0.4 is 5.73 Å². The van der Waals surface area contributed by atoms with Gasteiger partial charge in [0.25, 0.3) is 0 Å². The van der Waals surface area contributed by atoms with E-state index in [1.54, 1.807) is 0 Å². The first-order valence-corrected chi connectivity index (χ1v) is 7.28. The Morgan fingerprint density at radius 2 is 1.79 bits per heavy atom. The summed E-state index contributed by atoms with van der Waals surface area (Å²) < 4.78 is 1.12. The van der Waals surface area contributed by atoms with Crippen molar-refractivity contribution in [3.63, 3.8) is 0 Å². The van der Waals surface area contributed by atoms with Gasteiger partial charge < -0.3 is 5.73 Å². The van der Waals surface area contributed by atoms with E-state index in [1.807, 2.05) is 24.3 Å². The molecule has 0 saturated carbocycles. The number of rotatable bonds is 5. The Hall–Kier alpha value is -1.32. The fourth-order valence-corrected chi connectivity index (χ4v) is 2.45. The Bertz CT molecular complexity index is 526. The molecule has 0 bridgehead atoms. The summed E-state index contributed by atoms with van der Waals surface area (Å²) in [7, 11) is 0. The molecule has 2 nitrogen and oxygen atoms in total. The average molecular weight is 319 g/mol. The lowest BCUT2D eigenvalue weighted by atomic mass is 10.1. The average Bonchev–Trinajstić information content (AvgIpc) is 2.43. The van der Waals surface area contributed by atoms with Crippen molar-refractivity contribution in [2.75, 3.05) is 12.3 Å². The first-order chi connectivity index (χ1) is 9.19. The van der Waals surface area contributed by atoms with Crippen LogP contribution >= 0.6 is 15.9 Å². The molecular weight excluding hydrogens is 300 g/mol. The highest BCUT2D eigenvalue weighted by Gasteiger charge is 2.07. The highest BCUT2D eigenvalue weighted by Crippen LogP contribution is 2.21. The van der Waals surface area contributed by atoms with Crippen LogP contribution in [0.5, 0.6) is 0 Å². The summed E-state index contributed by atoms with van der Waals surface area (Å²) in [6.45, 7) is 5.05. The number of nitrogen functional groups attached to an aromatic ring is 1. The molecule has 0 spiro atoms. The van der Waals surface area contributed by atoms with Gasteiger partial charge >= 0.3 is 0 Å². The van der Waals surface area contributed by atoms with Crippen LogP contribution in [0.1, 0.15) is 18.1 Å². The zero-order chi connectivity index (χ0) is 13.7. The van der Waals surface area contributed by atoms with Gasteiger partial charge in [-0.15, -0.1) is 0 Å². The largest absolute Gasteiger partial charge is 0.399 e. The third-order valence-corrected chi connectivity index (χ3v) is 3.93. The lowest BCUT2D eigenvalue weighted by Crippen LogP contribution is -2.22. The number of halogens is 1. The molecule has 100 valence electrons. The quantitative estimate of drug-likeness (QED) is 0.842. The van der Waals surface area contributed by atoms with Gasteiger partial charge in [-0.25, -0.2) is 0 Å². The topological polar surface area (TPSA) is 29.3 Å². The summed E-state index contributed by atoms with van der Waals surface area (Å²) in [5.74, 6) is 0. The van der Waals surface area contributed by atoms with Crippen molar-refractivity contribution in [1.82, 2.24) is 4.90 Å². The molecule has 0 radical (unpaired) electrons. The van der Waals surface area contributed by atoms with Gasteiger partial charge in [-0.1, -0.05) is 53.2 Å². The number of nitrogens with zero attached hydrogens (tertiary/aromatic N) is 1. The summed E-state index contributed by atoms with van der Waals surface area (Å²) in [5.41, 5.74) is 9.24. The van der Waals surface area contributed by atoms with Crippen LogP contribution in [0.25, 0.3) is 0 Å². The number of hydrogen-bond acceptors (Lipinski definition) is 2. The highest BCUT2D eigenvalue weighted by atomic mass is 79.9. The second-order valence-corrected chi connectivity index (χ2v) is 5.49. The molecule has 0 saturated heterocycles. The van der Waals surface area contributed by atoms with Crippen molar-refractivity contribution in [2.45, 2.75) is 20.0 Å².